The standard InChI is InChI=1S/C16H17ClO3/c1-19-10-11-5-3-4-6-13(11)16(18)14-9-12(17)7-8-15(14)20-2/h3-9,16,18H,10H2,1-2H3. The highest BCUT2D eigenvalue weighted by molar-refractivity contribution is 6.30. The zero-order chi connectivity index (χ0) is 14.5. The molecule has 1 atom stereocenters. The van der Waals surface area contributed by atoms with Crippen molar-refractivity contribution in [1.29, 1.82) is 0 Å². The lowest BCUT2D eigenvalue weighted by molar-refractivity contribution is 0.175. The van der Waals surface area contributed by atoms with Crippen LogP contribution in [0.15, 0.2) is 42.5 Å². The maximum Gasteiger partial charge on any atom is 0.125 e. The molecule has 0 aliphatic carbocycles. The zero-order valence-electron chi connectivity index (χ0n) is 11.5. The van der Waals surface area contributed by atoms with E-state index < -0.39 is 6.10 Å². The summed E-state index contributed by atoms with van der Waals surface area (Å²) in [6.07, 6.45) is -0.810. The Morgan fingerprint density at radius 2 is 1.85 bits per heavy atom. The van der Waals surface area contributed by atoms with Crippen LogP contribution in [-0.4, -0.2) is 19.3 Å². The van der Waals surface area contributed by atoms with Crippen molar-refractivity contribution in [3.63, 3.8) is 0 Å². The van der Waals surface area contributed by atoms with Crippen molar-refractivity contribution in [2.24, 2.45) is 0 Å². The van der Waals surface area contributed by atoms with Crippen LogP contribution in [-0.2, 0) is 11.3 Å². The van der Waals surface area contributed by atoms with Crippen LogP contribution in [0.4, 0.5) is 0 Å². The van der Waals surface area contributed by atoms with Crippen LogP contribution in [0.25, 0.3) is 0 Å². The monoisotopic (exact) mass is 292 g/mol. The van der Waals surface area contributed by atoms with Crippen molar-refractivity contribution in [2.75, 3.05) is 14.2 Å². The fourth-order valence-corrected chi connectivity index (χ4v) is 2.35. The minimum Gasteiger partial charge on any atom is -0.496 e. The Morgan fingerprint density at radius 3 is 2.55 bits per heavy atom. The second kappa shape index (κ2) is 6.75. The number of methoxy groups -OCH3 is 2. The van der Waals surface area contributed by atoms with Crippen molar-refractivity contribution in [3.8, 4) is 5.75 Å². The molecule has 0 heterocycles. The van der Waals surface area contributed by atoms with Crippen molar-refractivity contribution >= 4 is 11.6 Å². The van der Waals surface area contributed by atoms with Crippen LogP contribution in [0, 0.1) is 0 Å². The molecule has 0 aromatic heterocycles. The summed E-state index contributed by atoms with van der Waals surface area (Å²) in [7, 11) is 3.20. The van der Waals surface area contributed by atoms with Crippen LogP contribution in [0.2, 0.25) is 5.02 Å². The number of ether oxygens (including phenoxy) is 2. The molecule has 0 aliphatic rings. The molecule has 2 aromatic carbocycles. The molecule has 0 amide bonds. The SMILES string of the molecule is COCc1ccccc1C(O)c1cc(Cl)ccc1OC. The van der Waals surface area contributed by atoms with Gasteiger partial charge in [0.25, 0.3) is 0 Å². The number of hydrogen-bond acceptors (Lipinski definition) is 3. The summed E-state index contributed by atoms with van der Waals surface area (Å²) in [5.74, 6) is 0.606. The molecule has 4 heteroatoms. The lowest BCUT2D eigenvalue weighted by atomic mass is 9.96. The van der Waals surface area contributed by atoms with Crippen LogP contribution >= 0.6 is 11.6 Å². The van der Waals surface area contributed by atoms with E-state index in [4.69, 9.17) is 21.1 Å². The molecule has 0 saturated heterocycles. The number of hydrogen-bond donors (Lipinski definition) is 1. The first kappa shape index (κ1) is 14.9. The van der Waals surface area contributed by atoms with Gasteiger partial charge in [-0.25, -0.2) is 0 Å². The van der Waals surface area contributed by atoms with Gasteiger partial charge in [0.15, 0.2) is 0 Å². The number of aliphatic hydroxyl groups excluding tert-OH is 1. The normalized spacial score (nSPS) is 12.2. The van der Waals surface area contributed by atoms with Crippen LogP contribution in [0.3, 0.4) is 0 Å². The molecule has 2 aromatic rings. The van der Waals surface area contributed by atoms with Gasteiger partial charge in [0, 0.05) is 17.7 Å². The Morgan fingerprint density at radius 1 is 1.10 bits per heavy atom. The summed E-state index contributed by atoms with van der Waals surface area (Å²) in [5.41, 5.74) is 2.36. The Labute approximate surface area is 123 Å². The van der Waals surface area contributed by atoms with E-state index in [1.54, 1.807) is 32.4 Å². The van der Waals surface area contributed by atoms with Crippen molar-refractivity contribution < 1.29 is 14.6 Å². The Kier molecular flexibility index (Phi) is 5.01. The molecule has 0 radical (unpaired) electrons. The Balaban J connectivity index is 2.45. The highest BCUT2D eigenvalue weighted by Gasteiger charge is 2.18. The van der Waals surface area contributed by atoms with Gasteiger partial charge in [0.1, 0.15) is 11.9 Å². The molecule has 0 saturated carbocycles. The average molecular weight is 293 g/mol. The second-order valence-corrected chi connectivity index (χ2v) is 4.86. The fourth-order valence-electron chi connectivity index (χ4n) is 2.17. The van der Waals surface area contributed by atoms with E-state index >= 15 is 0 Å². The van der Waals surface area contributed by atoms with Crippen LogP contribution in [0.5, 0.6) is 5.75 Å². The summed E-state index contributed by atoms with van der Waals surface area (Å²) in [6.45, 7) is 0.441. The molecule has 3 nitrogen and oxygen atoms in total. The van der Waals surface area contributed by atoms with Gasteiger partial charge in [-0.15, -0.1) is 0 Å². The number of benzene rings is 2. The molecule has 0 bridgehead atoms. The molecular weight excluding hydrogens is 276 g/mol. The van der Waals surface area contributed by atoms with Crippen LogP contribution in [0.1, 0.15) is 22.8 Å². The molecule has 1 N–H and O–H groups in total. The predicted octanol–water partition coefficient (Wildman–Crippen LogP) is 3.58. The van der Waals surface area contributed by atoms with E-state index in [1.807, 2.05) is 24.3 Å². The summed E-state index contributed by atoms with van der Waals surface area (Å²) >= 11 is 6.01. The second-order valence-electron chi connectivity index (χ2n) is 4.42. The van der Waals surface area contributed by atoms with Crippen LogP contribution < -0.4 is 4.74 Å². The van der Waals surface area contributed by atoms with E-state index in [0.717, 1.165) is 11.1 Å². The maximum atomic E-state index is 10.6. The summed E-state index contributed by atoms with van der Waals surface area (Å²) in [5, 5.41) is 11.2. The Bertz CT molecular complexity index is 584. The zero-order valence-corrected chi connectivity index (χ0v) is 12.2. The fraction of sp³-hybridized carbons (Fsp3) is 0.250. The molecule has 20 heavy (non-hydrogen) atoms. The van der Waals surface area contributed by atoms with E-state index in [1.165, 1.54) is 0 Å². The third-order valence-corrected chi connectivity index (χ3v) is 3.37. The summed E-state index contributed by atoms with van der Waals surface area (Å²) in [4.78, 5) is 0. The first-order valence-corrected chi connectivity index (χ1v) is 6.63. The quantitative estimate of drug-likeness (QED) is 0.915. The number of aliphatic hydroxyl groups is 1. The maximum absolute atomic E-state index is 10.6. The van der Waals surface area contributed by atoms with Gasteiger partial charge in [0.2, 0.25) is 0 Å². The molecule has 2 rings (SSSR count). The van der Waals surface area contributed by atoms with Crippen molar-refractivity contribution in [1.82, 2.24) is 0 Å². The van der Waals surface area contributed by atoms with Crippen molar-refractivity contribution in [3.05, 3.63) is 64.2 Å². The third-order valence-electron chi connectivity index (χ3n) is 3.14. The average Bonchev–Trinajstić information content (AvgIpc) is 2.47. The van der Waals surface area contributed by atoms with E-state index in [2.05, 4.69) is 0 Å². The summed E-state index contributed by atoms with van der Waals surface area (Å²) in [6, 6.07) is 12.8. The van der Waals surface area contributed by atoms with Gasteiger partial charge >= 0.3 is 0 Å². The van der Waals surface area contributed by atoms with Gasteiger partial charge in [-0.3, -0.25) is 0 Å². The lowest BCUT2D eigenvalue weighted by Gasteiger charge is -2.18. The van der Waals surface area contributed by atoms with E-state index in [9.17, 15) is 5.11 Å². The van der Waals surface area contributed by atoms with E-state index in [-0.39, 0.29) is 0 Å². The van der Waals surface area contributed by atoms with Gasteiger partial charge < -0.3 is 14.6 Å². The Hall–Kier alpha value is -1.55. The first-order chi connectivity index (χ1) is 9.67. The number of rotatable bonds is 5. The van der Waals surface area contributed by atoms with Gasteiger partial charge in [-0.1, -0.05) is 35.9 Å². The third kappa shape index (κ3) is 3.12. The molecular formula is C16H17ClO3. The van der Waals surface area contributed by atoms with E-state index in [0.29, 0.717) is 22.9 Å². The molecule has 0 spiro atoms. The van der Waals surface area contributed by atoms with Crippen molar-refractivity contribution in [2.45, 2.75) is 12.7 Å². The van der Waals surface area contributed by atoms with Gasteiger partial charge in [-0.05, 0) is 29.3 Å². The minimum atomic E-state index is -0.810. The first-order valence-electron chi connectivity index (χ1n) is 6.25. The molecule has 1 unspecified atom stereocenters. The largest absolute Gasteiger partial charge is 0.496 e. The number of halogens is 1. The minimum absolute atomic E-state index is 0.441. The molecule has 0 aliphatic heterocycles. The summed E-state index contributed by atoms with van der Waals surface area (Å²) < 4.78 is 10.5. The smallest absolute Gasteiger partial charge is 0.125 e. The lowest BCUT2D eigenvalue weighted by Crippen LogP contribution is -2.06. The molecule has 0 fully saturated rings. The van der Waals surface area contributed by atoms with Gasteiger partial charge in [0.05, 0.1) is 13.7 Å². The molecule has 106 valence electrons. The topological polar surface area (TPSA) is 38.7 Å². The van der Waals surface area contributed by atoms with Gasteiger partial charge in [-0.2, -0.15) is 0 Å². The predicted molar refractivity (Wildman–Crippen MR) is 79.2 cm³/mol. The highest BCUT2D eigenvalue weighted by Crippen LogP contribution is 2.33. The highest BCUT2D eigenvalue weighted by atomic mass is 35.5.